The number of rotatable bonds is 3. The first kappa shape index (κ1) is 12.8. The number of benzene rings is 1. The van der Waals surface area contributed by atoms with Crippen LogP contribution < -0.4 is 11.1 Å². The largest absolute Gasteiger partial charge is 0.396 e. The standard InChI is InChI=1S/C13H17FN2O2/c1-2-12-9(5-6-18-12)13(17)16-8-3-4-10(14)11(15)7-8/h3-4,7,9,12H,2,5-6,15H2,1H3,(H,16,17). The van der Waals surface area contributed by atoms with Crippen LogP contribution in [-0.4, -0.2) is 18.6 Å². The van der Waals surface area contributed by atoms with Gasteiger partial charge in [0.1, 0.15) is 5.82 Å². The fourth-order valence-electron chi connectivity index (χ4n) is 2.21. The van der Waals surface area contributed by atoms with Gasteiger partial charge in [-0.25, -0.2) is 4.39 Å². The van der Waals surface area contributed by atoms with Gasteiger partial charge in [-0.3, -0.25) is 4.79 Å². The lowest BCUT2D eigenvalue weighted by Gasteiger charge is -2.16. The Kier molecular flexibility index (Phi) is 3.81. The Morgan fingerprint density at radius 1 is 1.61 bits per heavy atom. The van der Waals surface area contributed by atoms with Gasteiger partial charge in [0.05, 0.1) is 17.7 Å². The van der Waals surface area contributed by atoms with Crippen LogP contribution in [0.15, 0.2) is 18.2 Å². The van der Waals surface area contributed by atoms with Gasteiger partial charge in [-0.05, 0) is 31.0 Å². The minimum absolute atomic E-state index is 0.0252. The third-order valence-corrected chi connectivity index (χ3v) is 3.21. The summed E-state index contributed by atoms with van der Waals surface area (Å²) in [7, 11) is 0. The highest BCUT2D eigenvalue weighted by Gasteiger charge is 2.32. The number of nitrogens with one attached hydrogen (secondary N) is 1. The van der Waals surface area contributed by atoms with Gasteiger partial charge in [-0.2, -0.15) is 0 Å². The van der Waals surface area contributed by atoms with E-state index in [-0.39, 0.29) is 23.6 Å². The molecule has 1 heterocycles. The van der Waals surface area contributed by atoms with Gasteiger partial charge in [0.15, 0.2) is 0 Å². The van der Waals surface area contributed by atoms with Crippen LogP contribution in [0.1, 0.15) is 19.8 Å². The van der Waals surface area contributed by atoms with Crippen molar-refractivity contribution < 1.29 is 13.9 Å². The number of amides is 1. The number of carbonyl (C=O) groups is 1. The van der Waals surface area contributed by atoms with Crippen LogP contribution in [0.25, 0.3) is 0 Å². The summed E-state index contributed by atoms with van der Waals surface area (Å²) in [4.78, 5) is 12.1. The zero-order chi connectivity index (χ0) is 13.1. The van der Waals surface area contributed by atoms with Crippen LogP contribution in [0.2, 0.25) is 0 Å². The lowest BCUT2D eigenvalue weighted by molar-refractivity contribution is -0.121. The summed E-state index contributed by atoms with van der Waals surface area (Å²) in [6.07, 6.45) is 1.51. The summed E-state index contributed by atoms with van der Waals surface area (Å²) in [6, 6.07) is 4.16. The molecule has 5 heteroatoms. The number of hydrogen-bond acceptors (Lipinski definition) is 3. The first-order valence-electron chi connectivity index (χ1n) is 6.09. The first-order chi connectivity index (χ1) is 8.61. The van der Waals surface area contributed by atoms with E-state index in [0.717, 1.165) is 12.8 Å². The molecule has 0 aliphatic carbocycles. The summed E-state index contributed by atoms with van der Waals surface area (Å²) in [5.41, 5.74) is 6.00. The van der Waals surface area contributed by atoms with Crippen LogP contribution in [0, 0.1) is 11.7 Å². The smallest absolute Gasteiger partial charge is 0.230 e. The van der Waals surface area contributed by atoms with Gasteiger partial charge in [0, 0.05) is 12.3 Å². The van der Waals surface area contributed by atoms with Crippen molar-refractivity contribution in [1.29, 1.82) is 0 Å². The van der Waals surface area contributed by atoms with E-state index in [9.17, 15) is 9.18 Å². The summed E-state index contributed by atoms with van der Waals surface area (Å²) in [6.45, 7) is 2.61. The number of nitrogens with two attached hydrogens (primary N) is 1. The highest BCUT2D eigenvalue weighted by molar-refractivity contribution is 5.93. The van der Waals surface area contributed by atoms with Gasteiger partial charge in [-0.15, -0.1) is 0 Å². The monoisotopic (exact) mass is 252 g/mol. The van der Waals surface area contributed by atoms with Gasteiger partial charge < -0.3 is 15.8 Å². The Labute approximate surface area is 105 Å². The molecule has 18 heavy (non-hydrogen) atoms. The highest BCUT2D eigenvalue weighted by Crippen LogP contribution is 2.25. The van der Waals surface area contributed by atoms with Crippen molar-refractivity contribution >= 4 is 17.3 Å². The molecule has 98 valence electrons. The average Bonchev–Trinajstić information content (AvgIpc) is 2.82. The maximum absolute atomic E-state index is 13.0. The average molecular weight is 252 g/mol. The SMILES string of the molecule is CCC1OCCC1C(=O)Nc1ccc(F)c(N)c1. The number of carbonyl (C=O) groups excluding carboxylic acids is 1. The molecule has 2 atom stereocenters. The van der Waals surface area contributed by atoms with Crippen molar-refractivity contribution in [2.45, 2.75) is 25.9 Å². The first-order valence-corrected chi connectivity index (χ1v) is 6.09. The zero-order valence-corrected chi connectivity index (χ0v) is 10.3. The van der Waals surface area contributed by atoms with Crippen molar-refractivity contribution in [2.24, 2.45) is 5.92 Å². The van der Waals surface area contributed by atoms with Crippen molar-refractivity contribution in [3.63, 3.8) is 0 Å². The van der Waals surface area contributed by atoms with Crippen molar-refractivity contribution in [3.05, 3.63) is 24.0 Å². The third kappa shape index (κ3) is 2.61. The zero-order valence-electron chi connectivity index (χ0n) is 10.3. The number of ether oxygens (including phenoxy) is 1. The van der Waals surface area contributed by atoms with E-state index < -0.39 is 5.82 Å². The van der Waals surface area contributed by atoms with Crippen molar-refractivity contribution in [1.82, 2.24) is 0 Å². The fourth-order valence-corrected chi connectivity index (χ4v) is 2.21. The molecular formula is C13H17FN2O2. The lowest BCUT2D eigenvalue weighted by atomic mass is 9.98. The molecule has 3 N–H and O–H groups in total. The van der Waals surface area contributed by atoms with Crippen molar-refractivity contribution in [3.8, 4) is 0 Å². The maximum Gasteiger partial charge on any atom is 0.230 e. The van der Waals surface area contributed by atoms with Crippen LogP contribution in [0.3, 0.4) is 0 Å². The van der Waals surface area contributed by atoms with Crippen LogP contribution in [0.4, 0.5) is 15.8 Å². The number of halogens is 1. The van der Waals surface area contributed by atoms with Crippen LogP contribution >= 0.6 is 0 Å². The Morgan fingerprint density at radius 3 is 3.06 bits per heavy atom. The molecule has 1 aromatic carbocycles. The van der Waals surface area contributed by atoms with Gasteiger partial charge in [0.25, 0.3) is 0 Å². The van der Waals surface area contributed by atoms with Crippen LogP contribution in [0.5, 0.6) is 0 Å². The molecule has 2 rings (SSSR count). The quantitative estimate of drug-likeness (QED) is 0.810. The second-order valence-electron chi connectivity index (χ2n) is 4.44. The van der Waals surface area contributed by atoms with E-state index >= 15 is 0 Å². The molecule has 1 fully saturated rings. The van der Waals surface area contributed by atoms with Gasteiger partial charge in [0.2, 0.25) is 5.91 Å². The van der Waals surface area contributed by atoms with E-state index in [1.54, 1.807) is 0 Å². The lowest BCUT2D eigenvalue weighted by Crippen LogP contribution is -2.29. The number of nitrogen functional groups attached to an aromatic ring is 1. The van der Waals surface area contributed by atoms with Gasteiger partial charge >= 0.3 is 0 Å². The molecule has 0 spiro atoms. The molecule has 2 unspecified atom stereocenters. The highest BCUT2D eigenvalue weighted by atomic mass is 19.1. The Balaban J connectivity index is 2.04. The molecule has 1 aliphatic rings. The predicted octanol–water partition coefficient (Wildman–Crippen LogP) is 2.16. The molecule has 1 aromatic rings. The molecule has 0 bridgehead atoms. The summed E-state index contributed by atoms with van der Waals surface area (Å²) < 4.78 is 18.5. The molecule has 1 amide bonds. The Morgan fingerprint density at radius 2 is 2.39 bits per heavy atom. The fraction of sp³-hybridized carbons (Fsp3) is 0.462. The van der Waals surface area contributed by atoms with Crippen molar-refractivity contribution in [2.75, 3.05) is 17.7 Å². The van der Waals surface area contributed by atoms with Gasteiger partial charge in [-0.1, -0.05) is 6.92 Å². The van der Waals surface area contributed by atoms with Crippen LogP contribution in [-0.2, 0) is 9.53 Å². The Bertz CT molecular complexity index is 451. The molecule has 0 saturated carbocycles. The number of hydrogen-bond donors (Lipinski definition) is 2. The maximum atomic E-state index is 13.0. The molecule has 1 aliphatic heterocycles. The van der Waals surface area contributed by atoms with E-state index in [1.165, 1.54) is 18.2 Å². The second-order valence-corrected chi connectivity index (χ2v) is 4.44. The summed E-state index contributed by atoms with van der Waals surface area (Å²) in [5.74, 6) is -0.713. The molecule has 0 aromatic heterocycles. The van der Waals surface area contributed by atoms with E-state index in [0.29, 0.717) is 12.3 Å². The molecular weight excluding hydrogens is 235 g/mol. The molecule has 4 nitrogen and oxygen atoms in total. The van der Waals surface area contributed by atoms with E-state index in [1.807, 2.05) is 6.92 Å². The van der Waals surface area contributed by atoms with E-state index in [4.69, 9.17) is 10.5 Å². The third-order valence-electron chi connectivity index (χ3n) is 3.21. The molecule has 0 radical (unpaired) electrons. The number of anilines is 2. The predicted molar refractivity (Wildman–Crippen MR) is 67.6 cm³/mol. The molecule has 1 saturated heterocycles. The second kappa shape index (κ2) is 5.35. The minimum Gasteiger partial charge on any atom is -0.396 e. The summed E-state index contributed by atoms with van der Waals surface area (Å²) >= 11 is 0. The normalized spacial score (nSPS) is 23.0. The topological polar surface area (TPSA) is 64.3 Å². The summed E-state index contributed by atoms with van der Waals surface area (Å²) in [5, 5.41) is 2.75. The Hall–Kier alpha value is -1.62. The van der Waals surface area contributed by atoms with E-state index in [2.05, 4.69) is 5.32 Å². The minimum atomic E-state index is -0.483.